The quantitative estimate of drug-likeness (QED) is 0.791. The van der Waals surface area contributed by atoms with Crippen molar-refractivity contribution < 1.29 is 4.79 Å². The summed E-state index contributed by atoms with van der Waals surface area (Å²) >= 11 is 1.36. The van der Waals surface area contributed by atoms with Crippen LogP contribution in [0.4, 0.5) is 0 Å². The van der Waals surface area contributed by atoms with Crippen LogP contribution < -0.4 is 5.32 Å². The van der Waals surface area contributed by atoms with Gasteiger partial charge in [0.1, 0.15) is 9.88 Å². The molecule has 124 valence electrons. The number of hydrogen-bond acceptors (Lipinski definition) is 5. The summed E-state index contributed by atoms with van der Waals surface area (Å²) in [6.07, 6.45) is 3.51. The van der Waals surface area contributed by atoms with Crippen LogP contribution in [-0.4, -0.2) is 25.7 Å². The lowest BCUT2D eigenvalue weighted by Crippen LogP contribution is -2.26. The van der Waals surface area contributed by atoms with Gasteiger partial charge in [0.15, 0.2) is 0 Å². The van der Waals surface area contributed by atoms with Crippen molar-refractivity contribution in [1.29, 1.82) is 0 Å². The van der Waals surface area contributed by atoms with E-state index in [1.165, 1.54) is 11.3 Å². The van der Waals surface area contributed by atoms with Gasteiger partial charge in [-0.2, -0.15) is 5.10 Å². The second-order valence-corrected chi connectivity index (χ2v) is 6.65. The third-order valence-electron chi connectivity index (χ3n) is 3.97. The van der Waals surface area contributed by atoms with E-state index in [2.05, 4.69) is 20.4 Å². The molecule has 3 aromatic heterocycles. The molecule has 24 heavy (non-hydrogen) atoms. The molecule has 1 amide bonds. The molecule has 0 aliphatic heterocycles. The largest absolute Gasteiger partial charge is 0.345 e. The average molecular weight is 341 g/mol. The fourth-order valence-corrected chi connectivity index (χ4v) is 3.43. The van der Waals surface area contributed by atoms with E-state index in [0.29, 0.717) is 10.6 Å². The van der Waals surface area contributed by atoms with Gasteiger partial charge in [-0.1, -0.05) is 6.07 Å². The lowest BCUT2D eigenvalue weighted by Gasteiger charge is -2.13. The molecule has 1 N–H and O–H groups in total. The van der Waals surface area contributed by atoms with E-state index in [1.807, 2.05) is 46.0 Å². The highest BCUT2D eigenvalue weighted by atomic mass is 32.1. The summed E-state index contributed by atoms with van der Waals surface area (Å²) < 4.78 is 1.80. The summed E-state index contributed by atoms with van der Waals surface area (Å²) in [5.41, 5.74) is 3.55. The predicted molar refractivity (Wildman–Crippen MR) is 93.9 cm³/mol. The van der Waals surface area contributed by atoms with Crippen LogP contribution in [0.25, 0.3) is 10.7 Å². The van der Waals surface area contributed by atoms with Gasteiger partial charge in [-0.25, -0.2) is 4.98 Å². The van der Waals surface area contributed by atoms with Gasteiger partial charge < -0.3 is 5.32 Å². The van der Waals surface area contributed by atoms with E-state index in [4.69, 9.17) is 0 Å². The van der Waals surface area contributed by atoms with Crippen molar-refractivity contribution in [2.45, 2.75) is 26.8 Å². The Hall–Kier alpha value is -2.54. The SMILES string of the molecule is Cc1nc(-c2ccccn2)sc1C(=O)N[C@H](C)c1cnn(C)c1C. The zero-order chi connectivity index (χ0) is 17.3. The van der Waals surface area contributed by atoms with Crippen LogP contribution in [0.5, 0.6) is 0 Å². The van der Waals surface area contributed by atoms with Crippen LogP contribution in [0.3, 0.4) is 0 Å². The summed E-state index contributed by atoms with van der Waals surface area (Å²) in [7, 11) is 1.89. The van der Waals surface area contributed by atoms with Crippen molar-refractivity contribution in [3.05, 3.63) is 52.4 Å². The molecule has 6 nitrogen and oxygen atoms in total. The fourth-order valence-electron chi connectivity index (χ4n) is 2.49. The lowest BCUT2D eigenvalue weighted by atomic mass is 10.1. The fraction of sp³-hybridized carbons (Fsp3) is 0.294. The number of pyridine rings is 1. The number of carbonyl (C=O) groups excluding carboxylic acids is 1. The van der Waals surface area contributed by atoms with Gasteiger partial charge in [0.2, 0.25) is 0 Å². The minimum absolute atomic E-state index is 0.119. The molecule has 7 heteroatoms. The molecule has 0 fully saturated rings. The molecule has 0 aliphatic rings. The standard InChI is InChI=1S/C17H19N5OS/c1-10(13-9-19-22(4)12(13)3)20-16(23)15-11(2)21-17(24-15)14-7-5-6-8-18-14/h5-10H,1-4H3,(H,20,23)/t10-/m1/s1. The molecule has 3 heterocycles. The molecule has 0 bridgehead atoms. The maximum Gasteiger partial charge on any atom is 0.263 e. The van der Waals surface area contributed by atoms with Gasteiger partial charge in [-0.15, -0.1) is 11.3 Å². The van der Waals surface area contributed by atoms with E-state index >= 15 is 0 Å². The van der Waals surface area contributed by atoms with Gasteiger partial charge in [-0.3, -0.25) is 14.5 Å². The Kier molecular flexibility index (Phi) is 4.44. The van der Waals surface area contributed by atoms with Crippen molar-refractivity contribution in [3.8, 4) is 10.7 Å². The first-order valence-corrected chi connectivity index (χ1v) is 8.47. The first-order chi connectivity index (χ1) is 11.5. The number of aryl methyl sites for hydroxylation is 2. The molecule has 3 rings (SSSR count). The lowest BCUT2D eigenvalue weighted by molar-refractivity contribution is 0.0943. The second kappa shape index (κ2) is 6.52. The number of thiazole rings is 1. The number of aromatic nitrogens is 4. The molecule has 0 aromatic carbocycles. The number of nitrogens with zero attached hydrogens (tertiary/aromatic N) is 4. The topological polar surface area (TPSA) is 72.7 Å². The van der Waals surface area contributed by atoms with Crippen molar-refractivity contribution in [1.82, 2.24) is 25.1 Å². The average Bonchev–Trinajstić information content (AvgIpc) is 3.12. The van der Waals surface area contributed by atoms with E-state index in [1.54, 1.807) is 17.1 Å². The van der Waals surface area contributed by atoms with Gasteiger partial charge in [0, 0.05) is 24.5 Å². The Balaban J connectivity index is 1.81. The molecule has 0 spiro atoms. The smallest absolute Gasteiger partial charge is 0.263 e. The Bertz CT molecular complexity index is 868. The van der Waals surface area contributed by atoms with Gasteiger partial charge in [0.05, 0.1) is 23.6 Å². The molecular formula is C17H19N5OS. The van der Waals surface area contributed by atoms with E-state index < -0.39 is 0 Å². The zero-order valence-electron chi connectivity index (χ0n) is 14.1. The van der Waals surface area contributed by atoms with Crippen LogP contribution in [0, 0.1) is 13.8 Å². The molecule has 3 aromatic rings. The van der Waals surface area contributed by atoms with Crippen LogP contribution in [-0.2, 0) is 7.05 Å². The highest BCUT2D eigenvalue weighted by Crippen LogP contribution is 2.27. The maximum atomic E-state index is 12.6. The highest BCUT2D eigenvalue weighted by molar-refractivity contribution is 7.17. The number of rotatable bonds is 4. The first-order valence-electron chi connectivity index (χ1n) is 7.65. The van der Waals surface area contributed by atoms with Gasteiger partial charge in [0.25, 0.3) is 5.91 Å². The predicted octanol–water partition coefficient (Wildman–Crippen LogP) is 3.05. The van der Waals surface area contributed by atoms with Crippen LogP contribution >= 0.6 is 11.3 Å². The summed E-state index contributed by atoms with van der Waals surface area (Å²) in [5.74, 6) is -0.122. The van der Waals surface area contributed by atoms with Crippen molar-refractivity contribution in [3.63, 3.8) is 0 Å². The minimum atomic E-state index is -0.122. The molecule has 0 radical (unpaired) electrons. The monoisotopic (exact) mass is 341 g/mol. The molecule has 0 saturated heterocycles. The summed E-state index contributed by atoms with van der Waals surface area (Å²) in [6, 6.07) is 5.54. The highest BCUT2D eigenvalue weighted by Gasteiger charge is 2.20. The molecule has 0 unspecified atom stereocenters. The van der Waals surface area contributed by atoms with Crippen LogP contribution in [0.1, 0.15) is 39.6 Å². The Morgan fingerprint density at radius 2 is 2.12 bits per heavy atom. The van der Waals surface area contributed by atoms with Crippen molar-refractivity contribution in [2.75, 3.05) is 0 Å². The van der Waals surface area contributed by atoms with E-state index in [9.17, 15) is 4.79 Å². The molecular weight excluding hydrogens is 322 g/mol. The Morgan fingerprint density at radius 1 is 1.33 bits per heavy atom. The third kappa shape index (κ3) is 3.07. The number of carbonyl (C=O) groups is 1. The second-order valence-electron chi connectivity index (χ2n) is 5.65. The first kappa shape index (κ1) is 16.3. The van der Waals surface area contributed by atoms with Crippen molar-refractivity contribution >= 4 is 17.2 Å². The number of amides is 1. The van der Waals surface area contributed by atoms with E-state index in [0.717, 1.165) is 22.0 Å². The van der Waals surface area contributed by atoms with Crippen molar-refractivity contribution in [2.24, 2.45) is 7.05 Å². The Labute approximate surface area is 144 Å². The number of nitrogens with one attached hydrogen (secondary N) is 1. The number of hydrogen-bond donors (Lipinski definition) is 1. The maximum absolute atomic E-state index is 12.6. The Morgan fingerprint density at radius 3 is 2.75 bits per heavy atom. The minimum Gasteiger partial charge on any atom is -0.345 e. The third-order valence-corrected chi connectivity index (χ3v) is 5.15. The molecule has 0 aliphatic carbocycles. The normalized spacial score (nSPS) is 12.2. The van der Waals surface area contributed by atoms with E-state index in [-0.39, 0.29) is 11.9 Å². The molecule has 0 saturated carbocycles. The summed E-state index contributed by atoms with van der Waals surface area (Å²) in [5, 5.41) is 8.01. The van der Waals surface area contributed by atoms with Gasteiger partial charge >= 0.3 is 0 Å². The van der Waals surface area contributed by atoms with Gasteiger partial charge in [-0.05, 0) is 32.9 Å². The van der Waals surface area contributed by atoms with Crippen LogP contribution in [0.2, 0.25) is 0 Å². The molecule has 1 atom stereocenters. The zero-order valence-corrected chi connectivity index (χ0v) is 14.9. The summed E-state index contributed by atoms with van der Waals surface area (Å²) in [6.45, 7) is 5.79. The van der Waals surface area contributed by atoms with Crippen LogP contribution in [0.15, 0.2) is 30.6 Å². The summed E-state index contributed by atoms with van der Waals surface area (Å²) in [4.78, 5) is 22.0.